The predicted molar refractivity (Wildman–Crippen MR) is 499 cm³/mol. The summed E-state index contributed by atoms with van der Waals surface area (Å²) < 4.78 is 76.1. The van der Waals surface area contributed by atoms with E-state index < -0.39 is 21.4 Å². The maximum atomic E-state index is 6.41. The first-order valence-electron chi connectivity index (χ1n) is 41.6. The van der Waals surface area contributed by atoms with Crippen molar-refractivity contribution in [2.24, 2.45) is 0 Å². The third-order valence-electron chi connectivity index (χ3n) is 25.8. The van der Waals surface area contributed by atoms with Crippen molar-refractivity contribution in [1.82, 2.24) is 14.1 Å². The van der Waals surface area contributed by atoms with Gasteiger partial charge in [0.15, 0.2) is 0 Å². The summed E-state index contributed by atoms with van der Waals surface area (Å²) in [6.45, 7) is 41.5. The molecule has 120 heavy (non-hydrogen) atoms. The topological polar surface area (TPSA) is 128 Å². The minimum absolute atomic E-state index is 0.262. The summed E-state index contributed by atoms with van der Waals surface area (Å²) in [4.78, 5) is 6.21. The third kappa shape index (κ3) is 16.3. The fraction of sp³-hybridized carbons (Fsp3) is 0.303. The zero-order chi connectivity index (χ0) is 84.7. The first-order valence-corrected chi connectivity index (χ1v) is 43.2. The van der Waals surface area contributed by atoms with Crippen LogP contribution in [-0.4, -0.2) is 106 Å². The van der Waals surface area contributed by atoms with Crippen molar-refractivity contribution in [2.75, 3.05) is 0 Å². The first kappa shape index (κ1) is 84.2. The van der Waals surface area contributed by atoms with Crippen molar-refractivity contribution < 1.29 is 51.0 Å². The van der Waals surface area contributed by atoms with Crippen LogP contribution in [0, 0.1) is 0 Å². The van der Waals surface area contributed by atoms with Crippen molar-refractivity contribution in [3.8, 4) is 44.5 Å². The Morgan fingerprint density at radius 2 is 0.767 bits per heavy atom. The highest BCUT2D eigenvalue weighted by atomic mass is 32.1. The van der Waals surface area contributed by atoms with Gasteiger partial charge in [-0.2, -0.15) is 0 Å². The Bertz CT molecular complexity index is 5980. The summed E-state index contributed by atoms with van der Waals surface area (Å²) in [5.41, 5.74) is 9.20. The van der Waals surface area contributed by atoms with Crippen LogP contribution in [0.2, 0.25) is 0 Å². The second-order valence-corrected chi connectivity index (χ2v) is 38.7. The number of nitrogens with zero attached hydrogens (tertiary/aromatic N) is 3. The maximum Gasteiger partial charge on any atom is 0.532 e. The van der Waals surface area contributed by atoms with E-state index in [0.29, 0.717) is 5.66 Å². The molecule has 610 valence electrons. The molecule has 5 aliphatic heterocycles. The molecule has 0 radical (unpaired) electrons. The molecule has 14 nitrogen and oxygen atoms in total. The Hall–Kier alpha value is -9.41. The highest BCUT2D eigenvalue weighted by Crippen LogP contribution is 2.44. The Kier molecular flexibility index (Phi) is 22.5. The van der Waals surface area contributed by atoms with Gasteiger partial charge in [0.25, 0.3) is 0 Å². The first-order chi connectivity index (χ1) is 56.9. The standard InChI is InChI=1S/C25H25BN2O2.C24H24BNO2.C18H19BO2S.C16H19BO3.C16H19BO2S/c1-24(2)25(3,4)30-26(29-24)19-15-16-21-22(17-19)28(20-13-9-6-10-14-20)23(27-21)18-11-7-5-8-12-18;1-23(2)24(3,4)28-25(27-23)22-16-18-11-6-8-14-20(18)26(22)21-15-9-12-17-10-5-7-13-19(17)21;1-17(2)18(3,4)21-19(20-17)14-10-7-9-13-12-8-5-6-11-15(12)22-16(13)14;1-15(2)16(3,4)20-17(19-15)14-11-10-13(18-14)12-8-6-5-7-9-12;1-15(2)16(3,4)19-17(18-15)14-11-10-13(20-14)12-8-6-5-7-9-12/h5-17H,1-4H3;5-16H,1-4H3;5-11H,1-4H3;2*5-11H,1-4H3. The summed E-state index contributed by atoms with van der Waals surface area (Å²) in [7, 11) is -1.84. The van der Waals surface area contributed by atoms with E-state index in [9.17, 15) is 0 Å². The summed E-state index contributed by atoms with van der Waals surface area (Å²) in [6.07, 6.45) is 0. The van der Waals surface area contributed by atoms with Crippen LogP contribution in [0.4, 0.5) is 0 Å². The molecule has 0 bridgehead atoms. The van der Waals surface area contributed by atoms with E-state index in [-0.39, 0.29) is 70.2 Å². The lowest BCUT2D eigenvalue weighted by Gasteiger charge is -2.32. The van der Waals surface area contributed by atoms with Crippen LogP contribution in [-0.2, 0) is 46.5 Å². The molecule has 0 N–H and O–H groups in total. The van der Waals surface area contributed by atoms with Crippen molar-refractivity contribution in [3.05, 3.63) is 279 Å². The monoisotopic (exact) mass is 1630 g/mol. The van der Waals surface area contributed by atoms with E-state index in [1.807, 2.05) is 124 Å². The molecule has 0 aliphatic carbocycles. The molecule has 15 aromatic rings. The Morgan fingerprint density at radius 1 is 0.308 bits per heavy atom. The lowest BCUT2D eigenvalue weighted by Crippen LogP contribution is -2.41. The third-order valence-corrected chi connectivity index (χ3v) is 28.2. The van der Waals surface area contributed by atoms with Gasteiger partial charge in [0, 0.05) is 52.1 Å². The van der Waals surface area contributed by atoms with Crippen LogP contribution >= 0.6 is 22.7 Å². The van der Waals surface area contributed by atoms with Crippen molar-refractivity contribution in [3.63, 3.8) is 0 Å². The van der Waals surface area contributed by atoms with Crippen LogP contribution in [0.15, 0.2) is 283 Å². The molecule has 10 heterocycles. The average Bonchev–Trinajstić information content (AvgIpc) is 1.59. The number of hydrogen-bond acceptors (Lipinski definition) is 14. The number of rotatable bonds is 10. The summed E-state index contributed by atoms with van der Waals surface area (Å²) in [5, 5.41) is 6.20. The number of para-hydroxylation sites is 2. The smallest absolute Gasteiger partial charge is 0.465 e. The Labute approximate surface area is 716 Å². The van der Waals surface area contributed by atoms with E-state index in [0.717, 1.165) is 71.9 Å². The molecule has 21 heteroatoms. The summed E-state index contributed by atoms with van der Waals surface area (Å²) in [6, 6.07) is 96.0. The second-order valence-electron chi connectivity index (χ2n) is 36.6. The Balaban J connectivity index is 0.000000113. The lowest BCUT2D eigenvalue weighted by atomic mass is 9.78. The van der Waals surface area contributed by atoms with Gasteiger partial charge < -0.3 is 55.5 Å². The number of hydrogen-bond donors (Lipinski definition) is 0. The summed E-state index contributed by atoms with van der Waals surface area (Å²) >= 11 is 3.55. The minimum atomic E-state index is -0.447. The molecule has 5 fully saturated rings. The fourth-order valence-corrected chi connectivity index (χ4v) is 17.3. The molecular formula is C99H106B5N3O11S2. The van der Waals surface area contributed by atoms with Gasteiger partial charge >= 0.3 is 35.6 Å². The van der Waals surface area contributed by atoms with E-state index >= 15 is 0 Å². The van der Waals surface area contributed by atoms with Crippen molar-refractivity contribution in [2.45, 2.75) is 194 Å². The van der Waals surface area contributed by atoms with E-state index in [2.05, 4.69) is 314 Å². The molecule has 0 spiro atoms. The molecule has 20 rings (SSSR count). The quantitative estimate of drug-likeness (QED) is 0.121. The van der Waals surface area contributed by atoms with Gasteiger partial charge in [-0.1, -0.05) is 212 Å². The highest BCUT2D eigenvalue weighted by Gasteiger charge is 2.57. The molecule has 0 unspecified atom stereocenters. The Morgan fingerprint density at radius 3 is 1.36 bits per heavy atom. The molecule has 5 aromatic heterocycles. The van der Waals surface area contributed by atoms with Gasteiger partial charge in [-0.25, -0.2) is 4.98 Å². The van der Waals surface area contributed by atoms with Crippen LogP contribution in [0.5, 0.6) is 0 Å². The van der Waals surface area contributed by atoms with E-state index in [1.54, 1.807) is 11.3 Å². The van der Waals surface area contributed by atoms with Crippen molar-refractivity contribution in [1.29, 1.82) is 0 Å². The van der Waals surface area contributed by atoms with E-state index in [1.165, 1.54) is 46.8 Å². The van der Waals surface area contributed by atoms with Crippen LogP contribution < -0.4 is 27.0 Å². The van der Waals surface area contributed by atoms with Crippen LogP contribution in [0.1, 0.15) is 138 Å². The number of furan rings is 1. The zero-order valence-electron chi connectivity index (χ0n) is 72.6. The molecule has 0 atom stereocenters. The van der Waals surface area contributed by atoms with Gasteiger partial charge in [-0.3, -0.25) is 4.57 Å². The average molecular weight is 1630 g/mol. The molecule has 10 aromatic carbocycles. The largest absolute Gasteiger partial charge is 0.532 e. The van der Waals surface area contributed by atoms with Gasteiger partial charge in [-0.15, -0.1) is 22.7 Å². The van der Waals surface area contributed by atoms with Gasteiger partial charge in [0.2, 0.25) is 0 Å². The molecule has 5 aliphatic rings. The summed E-state index contributed by atoms with van der Waals surface area (Å²) in [5.74, 6) is 1.75. The number of benzene rings is 10. The molecule has 5 saturated heterocycles. The van der Waals surface area contributed by atoms with Gasteiger partial charge in [0.05, 0.1) is 83.8 Å². The molecule has 0 amide bonds. The van der Waals surface area contributed by atoms with Crippen LogP contribution in [0.25, 0.3) is 97.4 Å². The van der Waals surface area contributed by atoms with E-state index in [4.69, 9.17) is 55.9 Å². The minimum Gasteiger partial charge on any atom is -0.465 e. The normalized spacial score (nSPS) is 19.1. The highest BCUT2D eigenvalue weighted by molar-refractivity contribution is 7.27. The molecule has 0 saturated carbocycles. The maximum absolute atomic E-state index is 6.41. The van der Waals surface area contributed by atoms with Crippen molar-refractivity contribution >= 4 is 138 Å². The predicted octanol–water partition coefficient (Wildman–Crippen LogP) is 21.4. The number of fused-ring (bicyclic) bond motifs is 6. The lowest BCUT2D eigenvalue weighted by molar-refractivity contribution is 0.00578. The van der Waals surface area contributed by atoms with Gasteiger partial charge in [0.1, 0.15) is 17.2 Å². The number of aromatic nitrogens is 3. The SMILES string of the molecule is CC1(C)OB(c2cc3ccccc3n2-c2cccc3ccccc23)OC1(C)C.CC1(C)OB(c2ccc(-c3ccccc3)o2)OC1(C)C.CC1(C)OB(c2ccc(-c3ccccc3)s2)OC1(C)C.CC1(C)OB(c2ccc3nc(-c4ccccc4)n(-c4ccccc4)c3c2)OC1(C)C.CC1(C)OB(c2cccc3c2sc2ccccc23)OC1(C)C. The number of imidazole rings is 1. The molecular weight excluding hydrogens is 1530 g/mol. The number of thiophene rings is 2. The second kappa shape index (κ2) is 32.1. The van der Waals surface area contributed by atoms with Crippen LogP contribution in [0.3, 0.4) is 0 Å². The van der Waals surface area contributed by atoms with Gasteiger partial charge in [-0.05, 0) is 232 Å². The fourth-order valence-electron chi connectivity index (χ4n) is 15.1. The zero-order valence-corrected chi connectivity index (χ0v) is 74.2.